The Morgan fingerprint density at radius 3 is 2.52 bits per heavy atom. The molecular formula is C16H20N4O. The first-order valence-electron chi connectivity index (χ1n) is 7.22. The Labute approximate surface area is 124 Å². The Morgan fingerprint density at radius 2 is 1.86 bits per heavy atom. The van der Waals surface area contributed by atoms with Gasteiger partial charge in [-0.3, -0.25) is 0 Å². The van der Waals surface area contributed by atoms with Crippen LogP contribution in [0.1, 0.15) is 24.2 Å². The van der Waals surface area contributed by atoms with Gasteiger partial charge in [-0.1, -0.05) is 12.1 Å². The lowest BCUT2D eigenvalue weighted by Crippen LogP contribution is -2.08. The van der Waals surface area contributed by atoms with Gasteiger partial charge in [0.25, 0.3) is 0 Å². The predicted octanol–water partition coefficient (Wildman–Crippen LogP) is 2.98. The number of hydrogen-bond donors (Lipinski definition) is 2. The van der Waals surface area contributed by atoms with Crippen LogP contribution in [0.2, 0.25) is 0 Å². The highest BCUT2D eigenvalue weighted by atomic mass is 16.5. The Balaban J connectivity index is 1.64. The fourth-order valence-electron chi connectivity index (χ4n) is 2.11. The maximum absolute atomic E-state index is 5.16. The number of aromatic nitrogens is 2. The number of rotatable bonds is 6. The van der Waals surface area contributed by atoms with Gasteiger partial charge in [0.1, 0.15) is 23.2 Å². The Hall–Kier alpha value is -2.30. The van der Waals surface area contributed by atoms with Crippen molar-refractivity contribution in [2.75, 3.05) is 17.7 Å². The summed E-state index contributed by atoms with van der Waals surface area (Å²) in [6.45, 7) is 2.64. The van der Waals surface area contributed by atoms with Gasteiger partial charge in [0.2, 0.25) is 0 Å². The lowest BCUT2D eigenvalue weighted by atomic mass is 10.2. The van der Waals surface area contributed by atoms with Gasteiger partial charge in [0, 0.05) is 18.7 Å². The van der Waals surface area contributed by atoms with Crippen LogP contribution in [0.3, 0.4) is 0 Å². The molecule has 1 saturated carbocycles. The van der Waals surface area contributed by atoms with Crippen LogP contribution in [0.15, 0.2) is 30.3 Å². The van der Waals surface area contributed by atoms with Crippen LogP contribution in [0, 0.1) is 6.92 Å². The average Bonchev–Trinajstić information content (AvgIpc) is 3.29. The molecule has 3 rings (SSSR count). The molecule has 2 N–H and O–H groups in total. The first-order chi connectivity index (χ1) is 10.2. The van der Waals surface area contributed by atoms with Crippen molar-refractivity contribution < 1.29 is 4.74 Å². The zero-order valence-corrected chi connectivity index (χ0v) is 12.4. The summed E-state index contributed by atoms with van der Waals surface area (Å²) in [5, 5.41) is 6.74. The van der Waals surface area contributed by atoms with Crippen molar-refractivity contribution in [2.45, 2.75) is 32.4 Å². The number of anilines is 2. The van der Waals surface area contributed by atoms with E-state index in [1.807, 2.05) is 37.3 Å². The van der Waals surface area contributed by atoms with Crippen molar-refractivity contribution in [3.8, 4) is 5.75 Å². The smallest absolute Gasteiger partial charge is 0.132 e. The monoisotopic (exact) mass is 284 g/mol. The van der Waals surface area contributed by atoms with Gasteiger partial charge in [-0.05, 0) is 37.5 Å². The lowest BCUT2D eigenvalue weighted by molar-refractivity contribution is 0.414. The van der Waals surface area contributed by atoms with Crippen LogP contribution in [0.25, 0.3) is 0 Å². The minimum absolute atomic E-state index is 0.591. The molecule has 1 aliphatic rings. The molecule has 0 radical (unpaired) electrons. The molecule has 1 aromatic heterocycles. The average molecular weight is 284 g/mol. The maximum atomic E-state index is 5.16. The summed E-state index contributed by atoms with van der Waals surface area (Å²) in [4.78, 5) is 8.84. The van der Waals surface area contributed by atoms with E-state index in [0.717, 1.165) is 29.8 Å². The summed E-state index contributed by atoms with van der Waals surface area (Å²) in [6.07, 6.45) is 2.47. The van der Waals surface area contributed by atoms with Crippen molar-refractivity contribution in [1.82, 2.24) is 9.97 Å². The molecule has 0 saturated heterocycles. The quantitative estimate of drug-likeness (QED) is 0.854. The SMILES string of the molecule is COc1ccc(CNc2cc(NC3CC3)nc(C)n2)cc1. The normalized spacial score (nSPS) is 13.8. The molecule has 5 nitrogen and oxygen atoms in total. The van der Waals surface area contributed by atoms with Crippen LogP contribution in [-0.4, -0.2) is 23.1 Å². The first-order valence-corrected chi connectivity index (χ1v) is 7.22. The van der Waals surface area contributed by atoms with E-state index < -0.39 is 0 Å². The molecule has 0 bridgehead atoms. The number of methoxy groups -OCH3 is 1. The standard InChI is InChI=1S/C16H20N4O/c1-11-18-15(9-16(19-11)20-13-5-6-13)17-10-12-3-7-14(21-2)8-4-12/h3-4,7-9,13H,5-6,10H2,1-2H3,(H2,17,18,19,20). The van der Waals surface area contributed by atoms with Gasteiger partial charge in [-0.2, -0.15) is 0 Å². The minimum atomic E-state index is 0.591. The molecule has 110 valence electrons. The van der Waals surface area contributed by atoms with E-state index in [9.17, 15) is 0 Å². The second kappa shape index (κ2) is 5.99. The van der Waals surface area contributed by atoms with E-state index in [4.69, 9.17) is 4.74 Å². The van der Waals surface area contributed by atoms with Gasteiger partial charge >= 0.3 is 0 Å². The zero-order chi connectivity index (χ0) is 14.7. The third kappa shape index (κ3) is 3.84. The number of nitrogens with one attached hydrogen (secondary N) is 2. The second-order valence-electron chi connectivity index (χ2n) is 5.31. The summed E-state index contributed by atoms with van der Waals surface area (Å²) in [6, 6.07) is 10.6. The molecule has 0 aliphatic heterocycles. The summed E-state index contributed by atoms with van der Waals surface area (Å²) in [5.74, 6) is 3.40. The van der Waals surface area contributed by atoms with Crippen molar-refractivity contribution >= 4 is 11.6 Å². The van der Waals surface area contributed by atoms with Gasteiger partial charge < -0.3 is 15.4 Å². The maximum Gasteiger partial charge on any atom is 0.132 e. The third-order valence-electron chi connectivity index (χ3n) is 3.40. The topological polar surface area (TPSA) is 59.1 Å². The molecule has 0 unspecified atom stereocenters. The Morgan fingerprint density at radius 1 is 1.14 bits per heavy atom. The highest BCUT2D eigenvalue weighted by molar-refractivity contribution is 5.49. The predicted molar refractivity (Wildman–Crippen MR) is 83.7 cm³/mol. The number of aryl methyl sites for hydroxylation is 1. The summed E-state index contributed by atoms with van der Waals surface area (Å²) in [7, 11) is 1.67. The molecule has 1 aromatic carbocycles. The van der Waals surface area contributed by atoms with Crippen LogP contribution >= 0.6 is 0 Å². The summed E-state index contributed by atoms with van der Waals surface area (Å²) >= 11 is 0. The van der Waals surface area contributed by atoms with E-state index in [2.05, 4.69) is 20.6 Å². The van der Waals surface area contributed by atoms with E-state index >= 15 is 0 Å². The van der Waals surface area contributed by atoms with Crippen LogP contribution in [0.5, 0.6) is 5.75 Å². The van der Waals surface area contributed by atoms with Crippen LogP contribution in [-0.2, 0) is 6.54 Å². The van der Waals surface area contributed by atoms with Crippen molar-refractivity contribution in [1.29, 1.82) is 0 Å². The molecule has 5 heteroatoms. The number of nitrogens with zero attached hydrogens (tertiary/aromatic N) is 2. The highest BCUT2D eigenvalue weighted by Crippen LogP contribution is 2.24. The fourth-order valence-corrected chi connectivity index (χ4v) is 2.11. The van der Waals surface area contributed by atoms with Gasteiger partial charge in [0.15, 0.2) is 0 Å². The fraction of sp³-hybridized carbons (Fsp3) is 0.375. The van der Waals surface area contributed by atoms with Crippen molar-refractivity contribution in [3.05, 3.63) is 41.7 Å². The van der Waals surface area contributed by atoms with Crippen molar-refractivity contribution in [3.63, 3.8) is 0 Å². The lowest BCUT2D eigenvalue weighted by Gasteiger charge is -2.10. The molecule has 0 spiro atoms. The number of benzene rings is 1. The van der Waals surface area contributed by atoms with Gasteiger partial charge in [-0.25, -0.2) is 9.97 Å². The molecule has 0 amide bonds. The van der Waals surface area contributed by atoms with Crippen LogP contribution in [0.4, 0.5) is 11.6 Å². The molecule has 0 atom stereocenters. The molecule has 21 heavy (non-hydrogen) atoms. The molecule has 1 aliphatic carbocycles. The molecule has 1 fully saturated rings. The summed E-state index contributed by atoms with van der Waals surface area (Å²) < 4.78 is 5.16. The van der Waals surface area contributed by atoms with E-state index in [1.54, 1.807) is 7.11 Å². The number of ether oxygens (including phenoxy) is 1. The van der Waals surface area contributed by atoms with Gasteiger partial charge in [0.05, 0.1) is 7.11 Å². The minimum Gasteiger partial charge on any atom is -0.497 e. The van der Waals surface area contributed by atoms with Crippen molar-refractivity contribution in [2.24, 2.45) is 0 Å². The Kier molecular flexibility index (Phi) is 3.90. The largest absolute Gasteiger partial charge is 0.497 e. The highest BCUT2D eigenvalue weighted by Gasteiger charge is 2.21. The molecule has 2 aromatic rings. The van der Waals surface area contributed by atoms with E-state index in [0.29, 0.717) is 6.04 Å². The number of hydrogen-bond acceptors (Lipinski definition) is 5. The van der Waals surface area contributed by atoms with Gasteiger partial charge in [-0.15, -0.1) is 0 Å². The third-order valence-corrected chi connectivity index (χ3v) is 3.40. The second-order valence-corrected chi connectivity index (χ2v) is 5.31. The molecule has 1 heterocycles. The summed E-state index contributed by atoms with van der Waals surface area (Å²) in [5.41, 5.74) is 1.18. The molecular weight excluding hydrogens is 264 g/mol. The van der Waals surface area contributed by atoms with E-state index in [1.165, 1.54) is 18.4 Å². The Bertz CT molecular complexity index is 608. The van der Waals surface area contributed by atoms with E-state index in [-0.39, 0.29) is 0 Å². The van der Waals surface area contributed by atoms with Crippen LogP contribution < -0.4 is 15.4 Å². The first kappa shape index (κ1) is 13.7. The zero-order valence-electron chi connectivity index (χ0n) is 12.4.